The number of aromatic nitrogens is 2. The number of thiophene rings is 1. The molecule has 1 aliphatic rings. The number of hydrogen-bond donors (Lipinski definition) is 1. The topological polar surface area (TPSA) is 68.5 Å². The molecule has 0 bridgehead atoms. The average Bonchev–Trinajstić information content (AvgIpc) is 3.47. The minimum Gasteiger partial charge on any atom is -0.392 e. The molecule has 0 saturated heterocycles. The Morgan fingerprint density at radius 1 is 1.28 bits per heavy atom. The van der Waals surface area contributed by atoms with E-state index < -0.39 is 0 Å². The van der Waals surface area contributed by atoms with Gasteiger partial charge in [0, 0.05) is 31.1 Å². The first-order valence-electron chi connectivity index (χ1n) is 9.53. The summed E-state index contributed by atoms with van der Waals surface area (Å²) in [5.41, 5.74) is 2.92. The van der Waals surface area contributed by atoms with Crippen molar-refractivity contribution < 1.29 is 9.63 Å². The molecular formula is C21H21ClN4O2S. The summed E-state index contributed by atoms with van der Waals surface area (Å²) in [4.78, 5) is 18.5. The summed E-state index contributed by atoms with van der Waals surface area (Å²) in [6, 6.07) is 13.6. The van der Waals surface area contributed by atoms with Gasteiger partial charge in [0.1, 0.15) is 11.9 Å². The zero-order valence-electron chi connectivity index (χ0n) is 16.0. The molecule has 1 aliphatic heterocycles. The number of nitrogens with one attached hydrogen (secondary N) is 1. The lowest BCUT2D eigenvalue weighted by Crippen LogP contribution is -2.11. The minimum atomic E-state index is -0.0684. The third-order valence-electron chi connectivity index (χ3n) is 4.78. The Morgan fingerprint density at radius 3 is 2.83 bits per heavy atom. The lowest BCUT2D eigenvalue weighted by molar-refractivity contribution is 0.0720. The van der Waals surface area contributed by atoms with Gasteiger partial charge in [-0.3, -0.25) is 4.79 Å². The van der Waals surface area contributed by atoms with E-state index in [0.29, 0.717) is 28.5 Å². The van der Waals surface area contributed by atoms with Crippen LogP contribution in [0.1, 0.15) is 41.4 Å². The molecular weight excluding hydrogens is 408 g/mol. The highest BCUT2D eigenvalue weighted by atomic mass is 35.5. The van der Waals surface area contributed by atoms with Crippen molar-refractivity contribution in [1.29, 1.82) is 0 Å². The molecule has 1 N–H and O–H groups in total. The minimum absolute atomic E-state index is 0.0684. The second-order valence-electron chi connectivity index (χ2n) is 6.77. The first-order valence-corrected chi connectivity index (χ1v) is 10.7. The number of benzene rings is 1. The van der Waals surface area contributed by atoms with Gasteiger partial charge in [0.15, 0.2) is 5.78 Å². The number of carbonyl (C=O) groups is 1. The summed E-state index contributed by atoms with van der Waals surface area (Å²) in [7, 11) is 0. The van der Waals surface area contributed by atoms with Crippen molar-refractivity contribution in [2.45, 2.75) is 38.8 Å². The summed E-state index contributed by atoms with van der Waals surface area (Å²) in [6.07, 6.45) is 3.48. The Kier molecular flexibility index (Phi) is 5.97. The molecule has 6 nitrogen and oxygen atoms in total. The first kappa shape index (κ1) is 19.7. The van der Waals surface area contributed by atoms with Gasteiger partial charge in [-0.15, -0.1) is 11.3 Å². The molecule has 1 aromatic carbocycles. The molecule has 4 rings (SSSR count). The number of anilines is 2. The Hall–Kier alpha value is -2.64. The molecule has 1 unspecified atom stereocenters. The van der Waals surface area contributed by atoms with Crippen molar-refractivity contribution in [3.63, 3.8) is 0 Å². The van der Waals surface area contributed by atoms with E-state index in [1.54, 1.807) is 18.3 Å². The number of carbonyl (C=O) groups excluding carboxylic acids is 1. The molecule has 8 heteroatoms. The molecule has 0 amide bonds. The monoisotopic (exact) mass is 428 g/mol. The summed E-state index contributed by atoms with van der Waals surface area (Å²) in [5, 5.41) is 11.8. The molecule has 150 valence electrons. The number of Topliss-reactive ketones (excluding diaryl/α,β-unsaturated/α-hetero) is 1. The van der Waals surface area contributed by atoms with Gasteiger partial charge in [0.25, 0.3) is 0 Å². The van der Waals surface area contributed by atoms with E-state index in [1.807, 2.05) is 35.0 Å². The third-order valence-corrected chi connectivity index (χ3v) is 6.05. The molecule has 0 fully saturated rings. The van der Waals surface area contributed by atoms with Crippen LogP contribution in [-0.2, 0) is 11.4 Å². The summed E-state index contributed by atoms with van der Waals surface area (Å²) < 4.78 is 2.53. The smallest absolute Gasteiger partial charge is 0.172 e. The molecule has 0 saturated carbocycles. The van der Waals surface area contributed by atoms with Crippen LogP contribution in [-0.4, -0.2) is 27.4 Å². The third kappa shape index (κ3) is 4.68. The van der Waals surface area contributed by atoms with Crippen LogP contribution in [0.3, 0.4) is 0 Å². The molecule has 0 radical (unpaired) electrons. The van der Waals surface area contributed by atoms with Crippen LogP contribution in [0.2, 0.25) is 4.34 Å². The van der Waals surface area contributed by atoms with Crippen LogP contribution in [0.5, 0.6) is 0 Å². The van der Waals surface area contributed by atoms with Crippen molar-refractivity contribution >= 4 is 45.9 Å². The van der Waals surface area contributed by atoms with E-state index in [4.69, 9.17) is 16.4 Å². The Morgan fingerprint density at radius 2 is 2.10 bits per heavy atom. The fourth-order valence-electron chi connectivity index (χ4n) is 3.22. The highest BCUT2D eigenvalue weighted by Crippen LogP contribution is 2.26. The van der Waals surface area contributed by atoms with Crippen LogP contribution in [0.15, 0.2) is 53.8 Å². The molecule has 3 aromatic rings. The van der Waals surface area contributed by atoms with E-state index in [0.717, 1.165) is 29.3 Å². The average molecular weight is 429 g/mol. The zero-order valence-corrected chi connectivity index (χ0v) is 17.5. The lowest BCUT2D eigenvalue weighted by Gasteiger charge is -2.09. The molecule has 3 heterocycles. The molecule has 29 heavy (non-hydrogen) atoms. The molecule has 0 aliphatic carbocycles. The van der Waals surface area contributed by atoms with E-state index in [9.17, 15) is 4.79 Å². The highest BCUT2D eigenvalue weighted by Gasteiger charge is 2.23. The fourth-order valence-corrected chi connectivity index (χ4v) is 4.23. The van der Waals surface area contributed by atoms with Gasteiger partial charge in [0.05, 0.1) is 21.1 Å². The highest BCUT2D eigenvalue weighted by molar-refractivity contribution is 7.18. The first-order chi connectivity index (χ1) is 14.1. The lowest BCUT2D eigenvalue weighted by atomic mass is 10.0. The van der Waals surface area contributed by atoms with Crippen molar-refractivity contribution in [1.82, 2.24) is 9.78 Å². The van der Waals surface area contributed by atoms with E-state index >= 15 is 0 Å². The summed E-state index contributed by atoms with van der Waals surface area (Å²) in [5.74, 6) is 1.05. The zero-order chi connectivity index (χ0) is 20.2. The Balaban J connectivity index is 1.30. The van der Waals surface area contributed by atoms with Crippen molar-refractivity contribution in [2.75, 3.05) is 5.32 Å². The quantitative estimate of drug-likeness (QED) is 0.480. The number of rotatable bonds is 8. The van der Waals surface area contributed by atoms with Gasteiger partial charge in [-0.2, -0.15) is 5.10 Å². The second-order valence-corrected chi connectivity index (χ2v) is 8.48. The van der Waals surface area contributed by atoms with Crippen LogP contribution in [0.25, 0.3) is 0 Å². The van der Waals surface area contributed by atoms with Gasteiger partial charge < -0.3 is 10.2 Å². The van der Waals surface area contributed by atoms with Gasteiger partial charge in [-0.1, -0.05) is 28.9 Å². The number of aryl methyl sites for hydroxylation is 1. The van der Waals surface area contributed by atoms with Crippen molar-refractivity contribution in [3.05, 3.63) is 63.4 Å². The number of halogens is 1. The number of nitrogens with zero attached hydrogens (tertiary/aromatic N) is 3. The van der Waals surface area contributed by atoms with Crippen LogP contribution < -0.4 is 5.32 Å². The number of oxime groups is 1. The van der Waals surface area contributed by atoms with Gasteiger partial charge in [-0.25, -0.2) is 4.68 Å². The summed E-state index contributed by atoms with van der Waals surface area (Å²) >= 11 is 7.21. The number of ketones is 1. The van der Waals surface area contributed by atoms with Crippen LogP contribution >= 0.6 is 22.9 Å². The van der Waals surface area contributed by atoms with Gasteiger partial charge >= 0.3 is 0 Å². The summed E-state index contributed by atoms with van der Waals surface area (Å²) in [6.45, 7) is 2.87. The normalized spacial score (nSPS) is 15.8. The molecule has 2 aromatic heterocycles. The standard InChI is InChI=1S/C21H21ClN4O2S/c1-2-26-21(11-12-23-26)24-15-5-3-14(4-6-15)17-13-16(28-25-17)7-8-18(27)19-9-10-20(22)29-19/h3-6,9-12,16,24H,2,7-8,13H2,1H3. The largest absolute Gasteiger partial charge is 0.392 e. The van der Waals surface area contributed by atoms with E-state index in [1.165, 1.54) is 11.3 Å². The van der Waals surface area contributed by atoms with Gasteiger partial charge in [0.2, 0.25) is 0 Å². The van der Waals surface area contributed by atoms with E-state index in [2.05, 4.69) is 22.5 Å². The maximum atomic E-state index is 12.2. The molecule has 1 atom stereocenters. The SMILES string of the molecule is CCn1nccc1Nc1ccc(C2=NOC(CCC(=O)c3ccc(Cl)s3)C2)cc1. The Labute approximate surface area is 178 Å². The predicted molar refractivity (Wildman–Crippen MR) is 117 cm³/mol. The van der Waals surface area contributed by atoms with Crippen molar-refractivity contribution in [3.8, 4) is 0 Å². The Bertz CT molecular complexity index is 1030. The maximum Gasteiger partial charge on any atom is 0.172 e. The number of hydrogen-bond acceptors (Lipinski definition) is 6. The van der Waals surface area contributed by atoms with Crippen molar-refractivity contribution in [2.24, 2.45) is 5.16 Å². The molecule has 0 spiro atoms. The second kappa shape index (κ2) is 8.80. The predicted octanol–water partition coefficient (Wildman–Crippen LogP) is 5.52. The fraction of sp³-hybridized carbons (Fsp3) is 0.286. The van der Waals surface area contributed by atoms with Gasteiger partial charge in [-0.05, 0) is 43.2 Å². The van der Waals surface area contributed by atoms with Crippen LogP contribution in [0, 0.1) is 0 Å². The van der Waals surface area contributed by atoms with E-state index in [-0.39, 0.29) is 11.9 Å². The maximum absolute atomic E-state index is 12.2. The van der Waals surface area contributed by atoms with Crippen LogP contribution in [0.4, 0.5) is 11.5 Å².